The summed E-state index contributed by atoms with van der Waals surface area (Å²) in [5, 5.41) is 0. The summed E-state index contributed by atoms with van der Waals surface area (Å²) in [5.74, 6) is 2.01. The molecule has 0 aromatic carbocycles. The molecule has 0 saturated heterocycles. The van der Waals surface area contributed by atoms with Gasteiger partial charge in [0, 0.05) is 6.04 Å². The van der Waals surface area contributed by atoms with Crippen LogP contribution in [-0.4, -0.2) is 6.04 Å². The maximum absolute atomic E-state index is 6.07. The SMILES string of the molecule is NC1CCCC(C2CCCCCC2)C1. The first kappa shape index (κ1) is 10.5. The first-order chi connectivity index (χ1) is 6.86. The molecule has 0 radical (unpaired) electrons. The Bertz CT molecular complexity index is 159. The zero-order valence-corrected chi connectivity index (χ0v) is 9.38. The summed E-state index contributed by atoms with van der Waals surface area (Å²) in [6.07, 6.45) is 14.4. The Morgan fingerprint density at radius 1 is 0.643 bits per heavy atom. The molecule has 2 atom stereocenters. The number of rotatable bonds is 1. The molecule has 2 unspecified atom stereocenters. The van der Waals surface area contributed by atoms with Gasteiger partial charge in [-0.15, -0.1) is 0 Å². The van der Waals surface area contributed by atoms with E-state index in [0.29, 0.717) is 6.04 Å². The third kappa shape index (κ3) is 2.73. The second kappa shape index (κ2) is 5.16. The van der Waals surface area contributed by atoms with Crippen LogP contribution in [0.1, 0.15) is 64.2 Å². The molecule has 2 fully saturated rings. The smallest absolute Gasteiger partial charge is 0.00415 e. The molecule has 14 heavy (non-hydrogen) atoms. The molecule has 0 aromatic rings. The lowest BCUT2D eigenvalue weighted by atomic mass is 9.75. The van der Waals surface area contributed by atoms with Gasteiger partial charge in [0.25, 0.3) is 0 Å². The van der Waals surface area contributed by atoms with Crippen molar-refractivity contribution in [1.82, 2.24) is 0 Å². The normalized spacial score (nSPS) is 36.6. The minimum absolute atomic E-state index is 0.525. The molecule has 0 amide bonds. The highest BCUT2D eigenvalue weighted by molar-refractivity contribution is 4.81. The summed E-state index contributed by atoms with van der Waals surface area (Å²) in [5.41, 5.74) is 6.07. The second-order valence-electron chi connectivity index (χ2n) is 5.44. The van der Waals surface area contributed by atoms with E-state index in [1.165, 1.54) is 64.2 Å². The van der Waals surface area contributed by atoms with Crippen molar-refractivity contribution in [2.45, 2.75) is 70.3 Å². The highest BCUT2D eigenvalue weighted by atomic mass is 14.6. The maximum atomic E-state index is 6.07. The van der Waals surface area contributed by atoms with Gasteiger partial charge in [-0.1, -0.05) is 51.4 Å². The summed E-state index contributed by atoms with van der Waals surface area (Å²) in [6, 6.07) is 0.525. The summed E-state index contributed by atoms with van der Waals surface area (Å²) in [4.78, 5) is 0. The third-order valence-electron chi connectivity index (χ3n) is 4.32. The van der Waals surface area contributed by atoms with Crippen LogP contribution in [0, 0.1) is 11.8 Å². The third-order valence-corrected chi connectivity index (χ3v) is 4.32. The molecule has 0 bridgehead atoms. The minimum Gasteiger partial charge on any atom is -0.328 e. The fraction of sp³-hybridized carbons (Fsp3) is 1.00. The van der Waals surface area contributed by atoms with Gasteiger partial charge in [0.05, 0.1) is 0 Å². The Balaban J connectivity index is 1.85. The summed E-state index contributed by atoms with van der Waals surface area (Å²) in [7, 11) is 0. The monoisotopic (exact) mass is 195 g/mol. The molecule has 0 aliphatic heterocycles. The van der Waals surface area contributed by atoms with E-state index < -0.39 is 0 Å². The first-order valence-electron chi connectivity index (χ1n) is 6.62. The lowest BCUT2D eigenvalue weighted by molar-refractivity contribution is 0.210. The van der Waals surface area contributed by atoms with Crippen LogP contribution in [0.25, 0.3) is 0 Å². The van der Waals surface area contributed by atoms with Gasteiger partial charge in [-0.2, -0.15) is 0 Å². The molecular weight excluding hydrogens is 170 g/mol. The van der Waals surface area contributed by atoms with E-state index >= 15 is 0 Å². The first-order valence-corrected chi connectivity index (χ1v) is 6.62. The maximum Gasteiger partial charge on any atom is 0.00415 e. The molecule has 0 spiro atoms. The lowest BCUT2D eigenvalue weighted by Gasteiger charge is -2.32. The molecule has 2 aliphatic rings. The second-order valence-corrected chi connectivity index (χ2v) is 5.44. The minimum atomic E-state index is 0.525. The highest BCUT2D eigenvalue weighted by Gasteiger charge is 2.26. The molecule has 1 heteroatoms. The van der Waals surface area contributed by atoms with E-state index in [1.54, 1.807) is 0 Å². The largest absolute Gasteiger partial charge is 0.328 e. The molecule has 2 aliphatic carbocycles. The Morgan fingerprint density at radius 2 is 1.29 bits per heavy atom. The topological polar surface area (TPSA) is 26.0 Å². The van der Waals surface area contributed by atoms with Crippen LogP contribution in [0.5, 0.6) is 0 Å². The van der Waals surface area contributed by atoms with E-state index in [-0.39, 0.29) is 0 Å². The van der Waals surface area contributed by atoms with Crippen molar-refractivity contribution in [1.29, 1.82) is 0 Å². The van der Waals surface area contributed by atoms with Gasteiger partial charge in [0.15, 0.2) is 0 Å². The van der Waals surface area contributed by atoms with Gasteiger partial charge in [-0.3, -0.25) is 0 Å². The number of hydrogen-bond acceptors (Lipinski definition) is 1. The Hall–Kier alpha value is -0.0400. The summed E-state index contributed by atoms with van der Waals surface area (Å²) < 4.78 is 0. The van der Waals surface area contributed by atoms with Crippen LogP contribution in [0.4, 0.5) is 0 Å². The summed E-state index contributed by atoms with van der Waals surface area (Å²) in [6.45, 7) is 0. The zero-order chi connectivity index (χ0) is 9.80. The molecule has 2 rings (SSSR count). The molecule has 82 valence electrons. The number of nitrogens with two attached hydrogens (primary N) is 1. The summed E-state index contributed by atoms with van der Waals surface area (Å²) >= 11 is 0. The fourth-order valence-corrected chi connectivity index (χ4v) is 3.48. The van der Waals surface area contributed by atoms with Crippen LogP contribution in [0.15, 0.2) is 0 Å². The van der Waals surface area contributed by atoms with E-state index in [4.69, 9.17) is 5.73 Å². The lowest BCUT2D eigenvalue weighted by Crippen LogP contribution is -2.31. The van der Waals surface area contributed by atoms with Gasteiger partial charge in [0.2, 0.25) is 0 Å². The molecule has 2 saturated carbocycles. The van der Waals surface area contributed by atoms with Gasteiger partial charge >= 0.3 is 0 Å². The van der Waals surface area contributed by atoms with Crippen molar-refractivity contribution >= 4 is 0 Å². The average Bonchev–Trinajstić information content (AvgIpc) is 2.45. The van der Waals surface area contributed by atoms with Crippen LogP contribution in [0.2, 0.25) is 0 Å². The van der Waals surface area contributed by atoms with Crippen LogP contribution in [-0.2, 0) is 0 Å². The predicted molar refractivity (Wildman–Crippen MR) is 61.1 cm³/mol. The van der Waals surface area contributed by atoms with Crippen molar-refractivity contribution in [3.8, 4) is 0 Å². The van der Waals surface area contributed by atoms with E-state index in [1.807, 2.05) is 0 Å². The number of hydrogen-bond donors (Lipinski definition) is 1. The van der Waals surface area contributed by atoms with Crippen LogP contribution < -0.4 is 5.73 Å². The standard InChI is InChI=1S/C13H25N/c14-13-9-5-8-12(10-13)11-6-3-1-2-4-7-11/h11-13H,1-10,14H2. The molecule has 2 N–H and O–H groups in total. The van der Waals surface area contributed by atoms with Gasteiger partial charge in [-0.25, -0.2) is 0 Å². The Morgan fingerprint density at radius 3 is 1.93 bits per heavy atom. The molecule has 0 heterocycles. The van der Waals surface area contributed by atoms with E-state index in [2.05, 4.69) is 0 Å². The predicted octanol–water partition coefficient (Wildman–Crippen LogP) is 3.47. The molecule has 0 aromatic heterocycles. The van der Waals surface area contributed by atoms with Crippen molar-refractivity contribution in [2.24, 2.45) is 17.6 Å². The van der Waals surface area contributed by atoms with Gasteiger partial charge < -0.3 is 5.73 Å². The van der Waals surface area contributed by atoms with Gasteiger partial charge in [0.1, 0.15) is 0 Å². The molecule has 1 nitrogen and oxygen atoms in total. The Kier molecular flexibility index (Phi) is 3.86. The fourth-order valence-electron chi connectivity index (χ4n) is 3.48. The molecular formula is C13H25N. The van der Waals surface area contributed by atoms with Gasteiger partial charge in [-0.05, 0) is 24.7 Å². The average molecular weight is 195 g/mol. The quantitative estimate of drug-likeness (QED) is 0.637. The van der Waals surface area contributed by atoms with Crippen LogP contribution in [0.3, 0.4) is 0 Å². The van der Waals surface area contributed by atoms with Crippen LogP contribution >= 0.6 is 0 Å². The van der Waals surface area contributed by atoms with Crippen molar-refractivity contribution in [3.63, 3.8) is 0 Å². The van der Waals surface area contributed by atoms with E-state index in [9.17, 15) is 0 Å². The van der Waals surface area contributed by atoms with E-state index in [0.717, 1.165) is 11.8 Å². The van der Waals surface area contributed by atoms with Crippen molar-refractivity contribution < 1.29 is 0 Å². The Labute approximate surface area is 88.4 Å². The zero-order valence-electron chi connectivity index (χ0n) is 9.38. The van der Waals surface area contributed by atoms with Crippen molar-refractivity contribution in [3.05, 3.63) is 0 Å². The van der Waals surface area contributed by atoms with Crippen molar-refractivity contribution in [2.75, 3.05) is 0 Å². The highest BCUT2D eigenvalue weighted by Crippen LogP contribution is 2.36.